The van der Waals surface area contributed by atoms with Crippen molar-refractivity contribution in [2.45, 2.75) is 27.2 Å². The smallest absolute Gasteiger partial charge is 0.225 e. The third-order valence-electron chi connectivity index (χ3n) is 3.42. The lowest BCUT2D eigenvalue weighted by atomic mass is 10.1. The van der Waals surface area contributed by atoms with Crippen molar-refractivity contribution in [3.05, 3.63) is 52.4 Å². The second kappa shape index (κ2) is 7.41. The summed E-state index contributed by atoms with van der Waals surface area (Å²) in [4.78, 5) is 23.0. The fourth-order valence-electron chi connectivity index (χ4n) is 2.05. The quantitative estimate of drug-likeness (QED) is 0.694. The van der Waals surface area contributed by atoms with Crippen LogP contribution in [0.1, 0.15) is 39.9 Å². The molecule has 1 aromatic carbocycles. The van der Waals surface area contributed by atoms with E-state index in [2.05, 4.69) is 22.3 Å². The minimum atomic E-state index is -0.124. The molecule has 2 rings (SSSR count). The Morgan fingerprint density at radius 3 is 2.48 bits per heavy atom. The number of nitrogens with one attached hydrogen (secondary N) is 1. The summed E-state index contributed by atoms with van der Waals surface area (Å²) in [7, 11) is 0. The standard InChI is InChI=1S/C18H18N2O3/c1-12-17(14(3)23-20-12)11-18(22)19-10-4-5-15-6-8-16(9-7-15)13(2)21/h6-9H,10-11H2,1-3H3,(H,19,22). The Bertz CT molecular complexity index is 757. The zero-order valence-electron chi connectivity index (χ0n) is 13.4. The van der Waals surface area contributed by atoms with Crippen molar-refractivity contribution in [3.8, 4) is 11.8 Å². The summed E-state index contributed by atoms with van der Waals surface area (Å²) in [6, 6.07) is 7.05. The number of aryl methyl sites for hydroxylation is 2. The normalized spacial score (nSPS) is 9.87. The minimum Gasteiger partial charge on any atom is -0.361 e. The first-order valence-electron chi connectivity index (χ1n) is 7.25. The number of nitrogens with zero attached hydrogens (tertiary/aromatic N) is 1. The SMILES string of the molecule is CC(=O)c1ccc(C#CCNC(=O)Cc2c(C)noc2C)cc1. The number of amides is 1. The monoisotopic (exact) mass is 310 g/mol. The fraction of sp³-hybridized carbons (Fsp3) is 0.278. The van der Waals surface area contributed by atoms with Crippen LogP contribution in [-0.2, 0) is 11.2 Å². The summed E-state index contributed by atoms with van der Waals surface area (Å²) >= 11 is 0. The first-order valence-corrected chi connectivity index (χ1v) is 7.25. The number of carbonyl (C=O) groups excluding carboxylic acids is 2. The van der Waals surface area contributed by atoms with E-state index in [4.69, 9.17) is 4.52 Å². The van der Waals surface area contributed by atoms with Gasteiger partial charge >= 0.3 is 0 Å². The zero-order chi connectivity index (χ0) is 16.8. The summed E-state index contributed by atoms with van der Waals surface area (Å²) in [6.45, 7) is 5.38. The predicted octanol–water partition coefficient (Wildman–Crippen LogP) is 2.20. The maximum absolute atomic E-state index is 11.9. The lowest BCUT2D eigenvalue weighted by Crippen LogP contribution is -2.25. The number of rotatable bonds is 4. The van der Waals surface area contributed by atoms with E-state index in [0.29, 0.717) is 11.3 Å². The molecule has 0 atom stereocenters. The number of hydrogen-bond acceptors (Lipinski definition) is 4. The molecule has 1 N–H and O–H groups in total. The van der Waals surface area contributed by atoms with Crippen LogP contribution in [0.15, 0.2) is 28.8 Å². The van der Waals surface area contributed by atoms with Crippen molar-refractivity contribution in [3.63, 3.8) is 0 Å². The topological polar surface area (TPSA) is 72.2 Å². The second-order valence-corrected chi connectivity index (χ2v) is 5.19. The Morgan fingerprint density at radius 2 is 1.91 bits per heavy atom. The molecule has 0 fully saturated rings. The number of ketones is 1. The van der Waals surface area contributed by atoms with Crippen LogP contribution in [0.4, 0.5) is 0 Å². The maximum Gasteiger partial charge on any atom is 0.225 e. The maximum atomic E-state index is 11.9. The van der Waals surface area contributed by atoms with Crippen LogP contribution in [0.2, 0.25) is 0 Å². The fourth-order valence-corrected chi connectivity index (χ4v) is 2.05. The Morgan fingerprint density at radius 1 is 1.22 bits per heavy atom. The van der Waals surface area contributed by atoms with Gasteiger partial charge in [-0.3, -0.25) is 9.59 Å². The summed E-state index contributed by atoms with van der Waals surface area (Å²) in [5.41, 5.74) is 3.00. The average molecular weight is 310 g/mol. The van der Waals surface area contributed by atoms with Crippen molar-refractivity contribution in [1.29, 1.82) is 0 Å². The Kier molecular flexibility index (Phi) is 5.32. The molecule has 0 radical (unpaired) electrons. The molecule has 0 bridgehead atoms. The molecule has 1 amide bonds. The number of carbonyl (C=O) groups is 2. The zero-order valence-corrected chi connectivity index (χ0v) is 13.4. The van der Waals surface area contributed by atoms with Gasteiger partial charge < -0.3 is 9.84 Å². The van der Waals surface area contributed by atoms with E-state index < -0.39 is 0 Å². The van der Waals surface area contributed by atoms with Crippen LogP contribution >= 0.6 is 0 Å². The molecule has 1 heterocycles. The summed E-state index contributed by atoms with van der Waals surface area (Å²) < 4.78 is 5.02. The lowest BCUT2D eigenvalue weighted by molar-refractivity contribution is -0.120. The van der Waals surface area contributed by atoms with Gasteiger partial charge in [0.2, 0.25) is 5.91 Å². The van der Waals surface area contributed by atoms with Crippen molar-refractivity contribution in [2.75, 3.05) is 6.54 Å². The highest BCUT2D eigenvalue weighted by atomic mass is 16.5. The van der Waals surface area contributed by atoms with Gasteiger partial charge in [0.25, 0.3) is 0 Å². The molecule has 2 aromatic rings. The van der Waals surface area contributed by atoms with Crippen LogP contribution in [-0.4, -0.2) is 23.4 Å². The number of benzene rings is 1. The van der Waals surface area contributed by atoms with Crippen molar-refractivity contribution < 1.29 is 14.1 Å². The molecule has 0 saturated carbocycles. The summed E-state index contributed by atoms with van der Waals surface area (Å²) in [6.07, 6.45) is 0.232. The van der Waals surface area contributed by atoms with E-state index in [-0.39, 0.29) is 24.7 Å². The second-order valence-electron chi connectivity index (χ2n) is 5.19. The summed E-state index contributed by atoms with van der Waals surface area (Å²) in [5, 5.41) is 6.56. The molecule has 118 valence electrons. The highest BCUT2D eigenvalue weighted by Crippen LogP contribution is 2.12. The van der Waals surface area contributed by atoms with Gasteiger partial charge in [0.05, 0.1) is 18.7 Å². The van der Waals surface area contributed by atoms with Gasteiger partial charge in [-0.2, -0.15) is 0 Å². The largest absolute Gasteiger partial charge is 0.361 e. The van der Waals surface area contributed by atoms with Crippen LogP contribution < -0.4 is 5.32 Å². The third-order valence-corrected chi connectivity index (χ3v) is 3.42. The summed E-state index contributed by atoms with van der Waals surface area (Å²) in [5.74, 6) is 6.39. The first-order chi connectivity index (χ1) is 11.0. The molecular formula is C18H18N2O3. The van der Waals surface area contributed by atoms with Gasteiger partial charge in [-0.25, -0.2) is 0 Å². The van der Waals surface area contributed by atoms with Gasteiger partial charge in [0, 0.05) is 16.7 Å². The van der Waals surface area contributed by atoms with Crippen LogP contribution in [0.3, 0.4) is 0 Å². The highest BCUT2D eigenvalue weighted by molar-refractivity contribution is 5.94. The van der Waals surface area contributed by atoms with Crippen LogP contribution in [0, 0.1) is 25.7 Å². The molecule has 0 aliphatic rings. The van der Waals surface area contributed by atoms with Gasteiger partial charge in [-0.15, -0.1) is 0 Å². The Balaban J connectivity index is 1.85. The van der Waals surface area contributed by atoms with Crippen molar-refractivity contribution in [1.82, 2.24) is 10.5 Å². The molecule has 5 nitrogen and oxygen atoms in total. The van der Waals surface area contributed by atoms with E-state index in [1.54, 1.807) is 31.2 Å². The average Bonchev–Trinajstić information content (AvgIpc) is 2.84. The molecule has 5 heteroatoms. The Labute approximate surface area is 135 Å². The molecule has 0 aliphatic heterocycles. The molecule has 23 heavy (non-hydrogen) atoms. The third kappa shape index (κ3) is 4.55. The van der Waals surface area contributed by atoms with Gasteiger partial charge in [0.1, 0.15) is 5.76 Å². The van der Waals surface area contributed by atoms with E-state index in [1.165, 1.54) is 6.92 Å². The first kappa shape index (κ1) is 16.5. The highest BCUT2D eigenvalue weighted by Gasteiger charge is 2.12. The Hall–Kier alpha value is -2.87. The van der Waals surface area contributed by atoms with Crippen LogP contribution in [0.25, 0.3) is 0 Å². The van der Waals surface area contributed by atoms with Gasteiger partial charge in [-0.05, 0) is 32.9 Å². The predicted molar refractivity (Wildman–Crippen MR) is 86.0 cm³/mol. The molecule has 0 aliphatic carbocycles. The lowest BCUT2D eigenvalue weighted by Gasteiger charge is -2.00. The van der Waals surface area contributed by atoms with Crippen molar-refractivity contribution >= 4 is 11.7 Å². The number of aromatic nitrogens is 1. The van der Waals surface area contributed by atoms with Crippen molar-refractivity contribution in [2.24, 2.45) is 0 Å². The number of Topliss-reactive ketones (excluding diaryl/α,β-unsaturated/α-hetero) is 1. The molecule has 0 unspecified atom stereocenters. The van der Waals surface area contributed by atoms with Gasteiger partial charge in [-0.1, -0.05) is 29.1 Å². The molecular weight excluding hydrogens is 292 g/mol. The number of hydrogen-bond donors (Lipinski definition) is 1. The molecule has 0 spiro atoms. The van der Waals surface area contributed by atoms with E-state index in [0.717, 1.165) is 16.8 Å². The molecule has 1 aromatic heterocycles. The van der Waals surface area contributed by atoms with E-state index in [9.17, 15) is 9.59 Å². The molecule has 0 saturated heterocycles. The van der Waals surface area contributed by atoms with E-state index >= 15 is 0 Å². The minimum absolute atomic E-state index is 0.0242. The van der Waals surface area contributed by atoms with Gasteiger partial charge in [0.15, 0.2) is 5.78 Å². The van der Waals surface area contributed by atoms with E-state index in [1.807, 2.05) is 6.92 Å². The van der Waals surface area contributed by atoms with Crippen LogP contribution in [0.5, 0.6) is 0 Å².